The van der Waals surface area contributed by atoms with E-state index in [1.54, 1.807) is 0 Å². The first-order valence-corrected chi connectivity index (χ1v) is 11.1. The average molecular weight is 498 g/mol. The van der Waals surface area contributed by atoms with Gasteiger partial charge >= 0.3 is 5.97 Å². The molecule has 5 unspecified atom stereocenters. The Morgan fingerprint density at radius 3 is 2.06 bits per heavy atom. The Kier molecular flexibility index (Phi) is 11.8. The third-order valence-corrected chi connectivity index (χ3v) is 5.07. The van der Waals surface area contributed by atoms with Gasteiger partial charge in [0.25, 0.3) is 0 Å². The number of H-pyrrole nitrogens is 1. The zero-order chi connectivity index (χ0) is 26.7. The van der Waals surface area contributed by atoms with Gasteiger partial charge < -0.3 is 42.6 Å². The molecule has 0 bridgehead atoms. The van der Waals surface area contributed by atoms with Crippen molar-refractivity contribution >= 4 is 29.6 Å². The summed E-state index contributed by atoms with van der Waals surface area (Å²) in [7, 11) is 0. The van der Waals surface area contributed by atoms with E-state index >= 15 is 0 Å². The summed E-state index contributed by atoms with van der Waals surface area (Å²) in [6, 6.07) is -4.99. The largest absolute Gasteiger partial charge is 0.480 e. The van der Waals surface area contributed by atoms with Crippen LogP contribution in [0.15, 0.2) is 12.5 Å². The fourth-order valence-corrected chi connectivity index (χ4v) is 3.10. The molecule has 0 aromatic carbocycles. The Hall–Kier alpha value is -3.52. The van der Waals surface area contributed by atoms with Crippen LogP contribution >= 0.6 is 0 Å². The zero-order valence-corrected chi connectivity index (χ0v) is 20.0. The average Bonchev–Trinajstić information content (AvgIpc) is 3.27. The molecule has 0 spiro atoms. The number of aromatic nitrogens is 2. The molecule has 1 aromatic rings. The lowest BCUT2D eigenvalue weighted by Gasteiger charge is -2.26. The van der Waals surface area contributed by atoms with Crippen molar-refractivity contribution in [2.24, 2.45) is 17.4 Å². The van der Waals surface area contributed by atoms with Crippen molar-refractivity contribution in [3.8, 4) is 0 Å². The van der Waals surface area contributed by atoms with Crippen LogP contribution in [0.4, 0.5) is 0 Å². The van der Waals surface area contributed by atoms with E-state index in [0.717, 1.165) is 0 Å². The first-order valence-electron chi connectivity index (χ1n) is 11.1. The number of carboxylic acid groups (broad SMARTS) is 1. The van der Waals surface area contributed by atoms with E-state index in [-0.39, 0.29) is 31.6 Å². The number of imidazole rings is 1. The van der Waals surface area contributed by atoms with Crippen molar-refractivity contribution in [1.82, 2.24) is 25.9 Å². The van der Waals surface area contributed by atoms with Gasteiger partial charge in [-0.3, -0.25) is 19.2 Å². The lowest BCUT2D eigenvalue weighted by molar-refractivity contribution is -0.142. The highest BCUT2D eigenvalue weighted by atomic mass is 16.4. The summed E-state index contributed by atoms with van der Waals surface area (Å²) >= 11 is 0. The highest BCUT2D eigenvalue weighted by molar-refractivity contribution is 5.94. The summed E-state index contributed by atoms with van der Waals surface area (Å²) < 4.78 is 0. The van der Waals surface area contributed by atoms with Gasteiger partial charge in [0.2, 0.25) is 23.6 Å². The smallest absolute Gasteiger partial charge is 0.326 e. The first-order chi connectivity index (χ1) is 16.3. The second kappa shape index (κ2) is 14.0. The number of rotatable bonds is 15. The number of nitrogens with zero attached hydrogens (tertiary/aromatic N) is 1. The number of carbonyl (C=O) groups excluding carboxylic acids is 4. The molecular formula is C21H35N7O7. The van der Waals surface area contributed by atoms with Crippen molar-refractivity contribution in [1.29, 1.82) is 0 Å². The quantitative estimate of drug-likeness (QED) is 0.128. The summed E-state index contributed by atoms with van der Waals surface area (Å²) in [5.74, 6) is -4.39. The summed E-state index contributed by atoms with van der Waals surface area (Å²) in [5.41, 5.74) is 11.2. The number of aliphatic hydroxyl groups excluding tert-OH is 1. The fourth-order valence-electron chi connectivity index (χ4n) is 3.10. The fraction of sp³-hybridized carbons (Fsp3) is 0.619. The highest BCUT2D eigenvalue weighted by Gasteiger charge is 2.31. The summed E-state index contributed by atoms with van der Waals surface area (Å²) in [6.07, 6.45) is 1.31. The van der Waals surface area contributed by atoms with Crippen LogP contribution in [0.25, 0.3) is 0 Å². The van der Waals surface area contributed by atoms with Crippen molar-refractivity contribution in [2.75, 3.05) is 0 Å². The number of amides is 4. The highest BCUT2D eigenvalue weighted by Crippen LogP contribution is 2.08. The molecule has 1 heterocycles. The van der Waals surface area contributed by atoms with Crippen molar-refractivity contribution in [2.45, 2.75) is 76.7 Å². The summed E-state index contributed by atoms with van der Waals surface area (Å²) in [6.45, 7) is 4.99. The van der Waals surface area contributed by atoms with E-state index in [0.29, 0.717) is 5.69 Å². The van der Waals surface area contributed by atoms with Gasteiger partial charge in [0, 0.05) is 24.7 Å². The number of hydrogen-bond acceptors (Lipinski definition) is 8. The van der Waals surface area contributed by atoms with E-state index in [2.05, 4.69) is 25.9 Å². The Balaban J connectivity index is 3.07. The lowest BCUT2D eigenvalue weighted by Crippen LogP contribution is -2.58. The van der Waals surface area contributed by atoms with Crippen LogP contribution in [-0.2, 0) is 30.4 Å². The lowest BCUT2D eigenvalue weighted by atomic mass is 10.0. The van der Waals surface area contributed by atoms with Crippen LogP contribution in [0, 0.1) is 5.92 Å². The standard InChI is InChI=1S/C21H35N7O7/c1-10(2)6-14(28-20(33)17(23)11(3)29)18(31)27-15(7-12-8-24-9-25-12)19(32)26-13(21(34)35)4-5-16(22)30/h8-11,13-15,17,29H,4-7,23H2,1-3H3,(H2,22,30)(H,24,25)(H,26,32)(H,27,31)(H,28,33)(H,34,35). The molecular weight excluding hydrogens is 462 g/mol. The normalized spacial score (nSPS) is 15.4. The third kappa shape index (κ3) is 10.5. The molecule has 4 amide bonds. The maximum atomic E-state index is 13.1. The molecule has 1 rings (SSSR count). The summed E-state index contributed by atoms with van der Waals surface area (Å²) in [4.78, 5) is 67.6. The molecule has 1 aromatic heterocycles. The Labute approximate surface area is 202 Å². The molecule has 14 heteroatoms. The van der Waals surface area contributed by atoms with Crippen molar-refractivity contribution in [3.05, 3.63) is 18.2 Å². The number of nitrogens with one attached hydrogen (secondary N) is 4. The number of primary amides is 1. The van der Waals surface area contributed by atoms with E-state index in [9.17, 15) is 34.2 Å². The molecule has 0 saturated heterocycles. The van der Waals surface area contributed by atoms with Crippen LogP contribution < -0.4 is 27.4 Å². The minimum atomic E-state index is -1.41. The van der Waals surface area contributed by atoms with Crippen molar-refractivity contribution in [3.63, 3.8) is 0 Å². The van der Waals surface area contributed by atoms with Gasteiger partial charge in [-0.15, -0.1) is 0 Å². The van der Waals surface area contributed by atoms with Crippen LogP contribution in [-0.4, -0.2) is 80.1 Å². The SMILES string of the molecule is CC(C)CC(NC(=O)C(N)C(C)O)C(=O)NC(Cc1cnc[nH]1)C(=O)NC(CCC(N)=O)C(=O)O. The van der Waals surface area contributed by atoms with E-state index in [4.69, 9.17) is 11.5 Å². The molecule has 0 saturated carbocycles. The van der Waals surface area contributed by atoms with Crippen LogP contribution in [0.5, 0.6) is 0 Å². The zero-order valence-electron chi connectivity index (χ0n) is 20.0. The molecule has 0 aliphatic carbocycles. The number of carbonyl (C=O) groups is 5. The number of carboxylic acids is 1. The number of aliphatic hydroxyl groups is 1. The third-order valence-electron chi connectivity index (χ3n) is 5.07. The second-order valence-electron chi connectivity index (χ2n) is 8.70. The molecule has 14 nitrogen and oxygen atoms in total. The number of aliphatic carboxylic acids is 1. The summed E-state index contributed by atoms with van der Waals surface area (Å²) in [5, 5.41) is 26.3. The van der Waals surface area contributed by atoms with Gasteiger partial charge in [0.15, 0.2) is 0 Å². The Bertz CT molecular complexity index is 873. The van der Waals surface area contributed by atoms with Crippen LogP contribution in [0.3, 0.4) is 0 Å². The van der Waals surface area contributed by atoms with Gasteiger partial charge in [0.1, 0.15) is 24.2 Å². The molecule has 0 radical (unpaired) electrons. The van der Waals surface area contributed by atoms with Gasteiger partial charge in [-0.05, 0) is 25.7 Å². The van der Waals surface area contributed by atoms with E-state index in [1.165, 1.54) is 19.4 Å². The van der Waals surface area contributed by atoms with Gasteiger partial charge in [-0.2, -0.15) is 0 Å². The molecule has 0 aliphatic heterocycles. The first kappa shape index (κ1) is 29.5. The predicted octanol–water partition coefficient (Wildman–Crippen LogP) is -2.49. The number of nitrogens with two attached hydrogens (primary N) is 2. The monoisotopic (exact) mass is 497 g/mol. The number of hydrogen-bond donors (Lipinski definition) is 8. The van der Waals surface area contributed by atoms with Crippen molar-refractivity contribution < 1.29 is 34.2 Å². The molecule has 0 aliphatic rings. The maximum Gasteiger partial charge on any atom is 0.326 e. The predicted molar refractivity (Wildman–Crippen MR) is 123 cm³/mol. The molecule has 196 valence electrons. The van der Waals surface area contributed by atoms with E-state index in [1.807, 2.05) is 13.8 Å². The minimum Gasteiger partial charge on any atom is -0.480 e. The molecule has 10 N–H and O–H groups in total. The molecule has 0 fully saturated rings. The molecule has 5 atom stereocenters. The Morgan fingerprint density at radius 2 is 1.57 bits per heavy atom. The number of aromatic amines is 1. The van der Waals surface area contributed by atoms with Gasteiger partial charge in [-0.1, -0.05) is 13.8 Å². The van der Waals surface area contributed by atoms with Gasteiger partial charge in [-0.25, -0.2) is 9.78 Å². The minimum absolute atomic E-state index is 0.0288. The topological polar surface area (TPSA) is 243 Å². The van der Waals surface area contributed by atoms with Gasteiger partial charge in [0.05, 0.1) is 12.4 Å². The van der Waals surface area contributed by atoms with Crippen LogP contribution in [0.2, 0.25) is 0 Å². The second-order valence-corrected chi connectivity index (χ2v) is 8.70. The molecule has 35 heavy (non-hydrogen) atoms. The maximum absolute atomic E-state index is 13.1. The van der Waals surface area contributed by atoms with Crippen LogP contribution in [0.1, 0.15) is 45.7 Å². The van der Waals surface area contributed by atoms with E-state index < -0.39 is 59.9 Å². The Morgan fingerprint density at radius 1 is 1.00 bits per heavy atom.